The van der Waals surface area contributed by atoms with Gasteiger partial charge in [-0.05, 0) is 37.0 Å². The molecule has 0 aliphatic carbocycles. The minimum atomic E-state index is -0.129. The third-order valence-corrected chi connectivity index (χ3v) is 3.28. The first kappa shape index (κ1) is 17.9. The van der Waals surface area contributed by atoms with Crippen molar-refractivity contribution in [1.82, 2.24) is 10.3 Å². The van der Waals surface area contributed by atoms with Gasteiger partial charge in [-0.25, -0.2) is 0 Å². The van der Waals surface area contributed by atoms with Crippen molar-refractivity contribution in [2.45, 2.75) is 33.6 Å². The van der Waals surface area contributed by atoms with E-state index in [1.165, 1.54) is 5.57 Å². The molecule has 0 spiro atoms. The smallest absolute Gasteiger partial charge is 0.269 e. The molecule has 1 aromatic rings. The number of carbonyl (C=O) groups is 1. The van der Waals surface area contributed by atoms with Crippen LogP contribution in [0.5, 0.6) is 0 Å². The summed E-state index contributed by atoms with van der Waals surface area (Å²) in [5, 5.41) is 2.95. The molecule has 1 rings (SSSR count). The Balaban J connectivity index is 2.63. The molecule has 1 unspecified atom stereocenters. The van der Waals surface area contributed by atoms with Crippen molar-refractivity contribution in [3.8, 4) is 0 Å². The molecule has 0 saturated carbocycles. The fourth-order valence-electron chi connectivity index (χ4n) is 1.93. The standard InChI is InChI=1S/C19H26N2O/c1-4-6-8-12-17(11-7-5-2)16(3)15-21-19(22)18-13-9-10-14-20-18/h5,7-14,16H,4,6,15H2,1-3H3,(H,21,22)/b7-5-,12-8-,17-11+. The molecule has 0 bridgehead atoms. The van der Waals surface area contributed by atoms with Gasteiger partial charge in [-0.1, -0.05) is 56.7 Å². The second-order valence-corrected chi connectivity index (χ2v) is 5.21. The number of hydrogen-bond acceptors (Lipinski definition) is 2. The largest absolute Gasteiger partial charge is 0.350 e. The van der Waals surface area contributed by atoms with Crippen LogP contribution in [0.25, 0.3) is 0 Å². The third kappa shape index (κ3) is 6.53. The second kappa shape index (κ2) is 10.6. The highest BCUT2D eigenvalue weighted by Gasteiger charge is 2.10. The highest BCUT2D eigenvalue weighted by Crippen LogP contribution is 2.13. The van der Waals surface area contributed by atoms with Crippen molar-refractivity contribution < 1.29 is 4.79 Å². The van der Waals surface area contributed by atoms with E-state index >= 15 is 0 Å². The Morgan fingerprint density at radius 2 is 2.23 bits per heavy atom. The van der Waals surface area contributed by atoms with Gasteiger partial charge in [0, 0.05) is 12.7 Å². The van der Waals surface area contributed by atoms with Crippen molar-refractivity contribution in [3.05, 3.63) is 66.0 Å². The maximum Gasteiger partial charge on any atom is 0.269 e. The highest BCUT2D eigenvalue weighted by atomic mass is 16.1. The van der Waals surface area contributed by atoms with Gasteiger partial charge >= 0.3 is 0 Å². The number of rotatable bonds is 8. The van der Waals surface area contributed by atoms with Crippen LogP contribution < -0.4 is 5.32 Å². The van der Waals surface area contributed by atoms with Gasteiger partial charge in [-0.15, -0.1) is 0 Å². The number of allylic oxidation sites excluding steroid dienone is 5. The second-order valence-electron chi connectivity index (χ2n) is 5.21. The molecule has 0 aliphatic heterocycles. The van der Waals surface area contributed by atoms with E-state index in [2.05, 4.69) is 42.4 Å². The molecule has 1 heterocycles. The summed E-state index contributed by atoms with van der Waals surface area (Å²) in [6.45, 7) is 6.87. The van der Waals surface area contributed by atoms with E-state index in [0.717, 1.165) is 12.8 Å². The summed E-state index contributed by atoms with van der Waals surface area (Å²) >= 11 is 0. The Labute approximate surface area is 133 Å². The lowest BCUT2D eigenvalue weighted by Crippen LogP contribution is -2.29. The molecular weight excluding hydrogens is 272 g/mol. The Bertz CT molecular complexity index is 530. The molecule has 1 atom stereocenters. The van der Waals surface area contributed by atoms with Gasteiger partial charge in [0.1, 0.15) is 5.69 Å². The first-order valence-corrected chi connectivity index (χ1v) is 7.87. The van der Waals surface area contributed by atoms with E-state index in [-0.39, 0.29) is 11.8 Å². The average molecular weight is 298 g/mol. The number of nitrogens with zero attached hydrogens (tertiary/aromatic N) is 1. The van der Waals surface area contributed by atoms with Gasteiger partial charge in [0.25, 0.3) is 5.91 Å². The molecule has 1 N–H and O–H groups in total. The molecule has 0 fully saturated rings. The topological polar surface area (TPSA) is 42.0 Å². The summed E-state index contributed by atoms with van der Waals surface area (Å²) in [6.07, 6.45) is 14.3. The summed E-state index contributed by atoms with van der Waals surface area (Å²) in [7, 11) is 0. The van der Waals surface area contributed by atoms with Crippen LogP contribution in [0.4, 0.5) is 0 Å². The van der Waals surface area contributed by atoms with Crippen molar-refractivity contribution in [3.63, 3.8) is 0 Å². The van der Waals surface area contributed by atoms with Crippen LogP contribution in [0.3, 0.4) is 0 Å². The Morgan fingerprint density at radius 3 is 2.86 bits per heavy atom. The summed E-state index contributed by atoms with van der Waals surface area (Å²) in [5.74, 6) is 0.118. The van der Waals surface area contributed by atoms with Gasteiger partial charge < -0.3 is 5.32 Å². The van der Waals surface area contributed by atoms with Gasteiger partial charge in [-0.2, -0.15) is 0 Å². The lowest BCUT2D eigenvalue weighted by atomic mass is 9.99. The van der Waals surface area contributed by atoms with Crippen LogP contribution in [-0.2, 0) is 0 Å². The molecule has 0 saturated heterocycles. The maximum atomic E-state index is 12.0. The summed E-state index contributed by atoms with van der Waals surface area (Å²) in [6, 6.07) is 5.34. The molecular formula is C19H26N2O. The Morgan fingerprint density at radius 1 is 1.41 bits per heavy atom. The fourth-order valence-corrected chi connectivity index (χ4v) is 1.93. The first-order valence-electron chi connectivity index (χ1n) is 7.87. The van der Waals surface area contributed by atoms with Crippen LogP contribution in [0.2, 0.25) is 0 Å². The SMILES string of the molecule is C\C=C/C=C(\C=C/CCC)C(C)CNC(=O)c1ccccn1. The zero-order chi connectivity index (χ0) is 16.2. The molecule has 118 valence electrons. The molecule has 1 aromatic heterocycles. The number of aromatic nitrogens is 1. The van der Waals surface area contributed by atoms with Crippen molar-refractivity contribution >= 4 is 5.91 Å². The molecule has 3 nitrogen and oxygen atoms in total. The van der Waals surface area contributed by atoms with E-state index < -0.39 is 0 Å². The third-order valence-electron chi connectivity index (χ3n) is 3.28. The van der Waals surface area contributed by atoms with Crippen LogP contribution in [-0.4, -0.2) is 17.4 Å². The predicted molar refractivity (Wildman–Crippen MR) is 92.7 cm³/mol. The minimum absolute atomic E-state index is 0.129. The summed E-state index contributed by atoms with van der Waals surface area (Å²) in [4.78, 5) is 16.1. The van der Waals surface area contributed by atoms with Crippen LogP contribution in [0.1, 0.15) is 44.1 Å². The van der Waals surface area contributed by atoms with E-state index in [4.69, 9.17) is 0 Å². The normalized spacial score (nSPS) is 13.7. The number of pyridine rings is 1. The van der Waals surface area contributed by atoms with Crippen LogP contribution >= 0.6 is 0 Å². The van der Waals surface area contributed by atoms with E-state index in [0.29, 0.717) is 12.2 Å². The molecule has 1 amide bonds. The lowest BCUT2D eigenvalue weighted by Gasteiger charge is -2.14. The fraction of sp³-hybridized carbons (Fsp3) is 0.368. The molecule has 0 radical (unpaired) electrons. The number of carbonyl (C=O) groups excluding carboxylic acids is 1. The Hall–Kier alpha value is -2.16. The number of amides is 1. The summed E-state index contributed by atoms with van der Waals surface area (Å²) < 4.78 is 0. The van der Waals surface area contributed by atoms with Crippen LogP contribution in [0.15, 0.2) is 60.3 Å². The summed E-state index contributed by atoms with van der Waals surface area (Å²) in [5.41, 5.74) is 1.67. The van der Waals surface area contributed by atoms with Crippen molar-refractivity contribution in [2.24, 2.45) is 5.92 Å². The van der Waals surface area contributed by atoms with Gasteiger partial charge in [0.15, 0.2) is 0 Å². The monoisotopic (exact) mass is 298 g/mol. The van der Waals surface area contributed by atoms with Gasteiger partial charge in [0.2, 0.25) is 0 Å². The zero-order valence-electron chi connectivity index (χ0n) is 13.8. The predicted octanol–water partition coefficient (Wildman–Crippen LogP) is 4.31. The lowest BCUT2D eigenvalue weighted by molar-refractivity contribution is 0.0945. The zero-order valence-corrected chi connectivity index (χ0v) is 13.8. The molecule has 0 aliphatic rings. The van der Waals surface area contributed by atoms with Crippen molar-refractivity contribution in [1.29, 1.82) is 0 Å². The minimum Gasteiger partial charge on any atom is -0.350 e. The average Bonchev–Trinajstić information content (AvgIpc) is 2.56. The highest BCUT2D eigenvalue weighted by molar-refractivity contribution is 5.92. The van der Waals surface area contributed by atoms with Gasteiger partial charge in [0.05, 0.1) is 0 Å². The van der Waals surface area contributed by atoms with E-state index in [1.54, 1.807) is 18.3 Å². The quantitative estimate of drug-likeness (QED) is 0.727. The number of hydrogen-bond donors (Lipinski definition) is 1. The van der Waals surface area contributed by atoms with E-state index in [9.17, 15) is 4.79 Å². The molecule has 3 heteroatoms. The molecule has 0 aromatic carbocycles. The van der Waals surface area contributed by atoms with Gasteiger partial charge in [-0.3, -0.25) is 9.78 Å². The number of nitrogens with one attached hydrogen (secondary N) is 1. The molecule has 22 heavy (non-hydrogen) atoms. The van der Waals surface area contributed by atoms with Crippen molar-refractivity contribution in [2.75, 3.05) is 6.54 Å². The van der Waals surface area contributed by atoms with E-state index in [1.807, 2.05) is 25.1 Å². The Kier molecular flexibility index (Phi) is 8.58. The number of unbranched alkanes of at least 4 members (excludes halogenated alkanes) is 1. The first-order chi connectivity index (χ1) is 10.7. The van der Waals surface area contributed by atoms with Crippen LogP contribution in [0, 0.1) is 5.92 Å². The maximum absolute atomic E-state index is 12.0.